The van der Waals surface area contributed by atoms with Crippen molar-refractivity contribution < 1.29 is 14.3 Å². The third kappa shape index (κ3) is 2.72. The largest absolute Gasteiger partial charge is 0.465 e. The number of ketones is 1. The Hall–Kier alpha value is -2.44. The summed E-state index contributed by atoms with van der Waals surface area (Å²) in [7, 11) is 0. The highest BCUT2D eigenvalue weighted by Crippen LogP contribution is 2.19. The number of esters is 1. The van der Waals surface area contributed by atoms with Crippen LogP contribution in [0.25, 0.3) is 5.52 Å². The number of aromatic nitrogens is 3. The van der Waals surface area contributed by atoms with E-state index in [9.17, 15) is 14.4 Å². The maximum atomic E-state index is 12.3. The molecule has 0 aliphatic rings. The zero-order valence-corrected chi connectivity index (χ0v) is 12.2. The molecule has 0 fully saturated rings. The van der Waals surface area contributed by atoms with Gasteiger partial charge in [-0.2, -0.15) is 5.10 Å². The first-order valence-corrected chi connectivity index (χ1v) is 6.61. The molecule has 0 N–H and O–H groups in total. The highest BCUT2D eigenvalue weighted by molar-refractivity contribution is 6.02. The molecule has 7 heteroatoms. The van der Waals surface area contributed by atoms with Crippen molar-refractivity contribution in [1.82, 2.24) is 14.2 Å². The molecule has 7 nitrogen and oxygen atoms in total. The van der Waals surface area contributed by atoms with Crippen LogP contribution in [0.3, 0.4) is 0 Å². The summed E-state index contributed by atoms with van der Waals surface area (Å²) in [5.74, 6) is -0.972. The third-order valence-corrected chi connectivity index (χ3v) is 3.33. The van der Waals surface area contributed by atoms with Crippen LogP contribution in [-0.2, 0) is 20.9 Å². The SMILES string of the molecule is CCOC(=O)C(C)(C)C(=O)Cn1ccn2nccc2c1=O. The van der Waals surface area contributed by atoms with E-state index >= 15 is 0 Å². The van der Waals surface area contributed by atoms with Crippen molar-refractivity contribution in [2.75, 3.05) is 6.61 Å². The molecule has 0 amide bonds. The van der Waals surface area contributed by atoms with Gasteiger partial charge < -0.3 is 9.30 Å². The van der Waals surface area contributed by atoms with E-state index < -0.39 is 11.4 Å². The van der Waals surface area contributed by atoms with Gasteiger partial charge in [0, 0.05) is 12.4 Å². The standard InChI is InChI=1S/C14H17N3O4/c1-4-21-13(20)14(2,3)11(18)9-16-7-8-17-10(12(16)19)5-6-15-17/h5-8H,4,9H2,1-3H3. The number of Topliss-reactive ketones (excluding diaryl/α,β-unsaturated/α-hetero) is 1. The number of carbonyl (C=O) groups excluding carboxylic acids is 2. The van der Waals surface area contributed by atoms with Crippen molar-refractivity contribution >= 4 is 17.3 Å². The predicted octanol–water partition coefficient (Wildman–Crippen LogP) is 0.654. The molecule has 0 unspecified atom stereocenters. The van der Waals surface area contributed by atoms with Gasteiger partial charge in [-0.1, -0.05) is 0 Å². The second kappa shape index (κ2) is 5.51. The van der Waals surface area contributed by atoms with Gasteiger partial charge >= 0.3 is 5.97 Å². The van der Waals surface area contributed by atoms with Gasteiger partial charge in [0.25, 0.3) is 5.56 Å². The van der Waals surface area contributed by atoms with Crippen LogP contribution >= 0.6 is 0 Å². The maximum Gasteiger partial charge on any atom is 0.319 e. The predicted molar refractivity (Wildman–Crippen MR) is 74.9 cm³/mol. The lowest BCUT2D eigenvalue weighted by atomic mass is 9.88. The number of fused-ring (bicyclic) bond motifs is 1. The lowest BCUT2D eigenvalue weighted by Gasteiger charge is -2.21. The van der Waals surface area contributed by atoms with E-state index in [2.05, 4.69) is 5.10 Å². The van der Waals surface area contributed by atoms with E-state index in [0.29, 0.717) is 5.52 Å². The Morgan fingerprint density at radius 3 is 2.71 bits per heavy atom. The molecule has 0 spiro atoms. The summed E-state index contributed by atoms with van der Waals surface area (Å²) in [6, 6.07) is 1.57. The van der Waals surface area contributed by atoms with Gasteiger partial charge in [-0.15, -0.1) is 0 Å². The second-order valence-electron chi connectivity index (χ2n) is 5.16. The molecule has 2 aromatic heterocycles. The molecule has 0 saturated carbocycles. The molecule has 0 atom stereocenters. The zero-order valence-electron chi connectivity index (χ0n) is 12.2. The highest BCUT2D eigenvalue weighted by atomic mass is 16.5. The van der Waals surface area contributed by atoms with Crippen LogP contribution in [-0.4, -0.2) is 32.5 Å². The molecular formula is C14H17N3O4. The highest BCUT2D eigenvalue weighted by Gasteiger charge is 2.37. The van der Waals surface area contributed by atoms with Crippen LogP contribution in [0.1, 0.15) is 20.8 Å². The van der Waals surface area contributed by atoms with Gasteiger partial charge in [0.05, 0.1) is 19.3 Å². The second-order valence-corrected chi connectivity index (χ2v) is 5.16. The van der Waals surface area contributed by atoms with Crippen LogP contribution in [0, 0.1) is 5.41 Å². The first kappa shape index (κ1) is 15.0. The molecular weight excluding hydrogens is 274 g/mol. The third-order valence-electron chi connectivity index (χ3n) is 3.33. The van der Waals surface area contributed by atoms with E-state index in [-0.39, 0.29) is 24.5 Å². The molecule has 0 radical (unpaired) electrons. The van der Waals surface area contributed by atoms with Crippen molar-refractivity contribution in [3.8, 4) is 0 Å². The Morgan fingerprint density at radius 2 is 2.05 bits per heavy atom. The van der Waals surface area contributed by atoms with E-state index in [1.165, 1.54) is 35.3 Å². The molecule has 0 aromatic carbocycles. The van der Waals surface area contributed by atoms with E-state index in [1.54, 1.807) is 19.2 Å². The van der Waals surface area contributed by atoms with Crippen LogP contribution in [0.5, 0.6) is 0 Å². The lowest BCUT2D eigenvalue weighted by Crippen LogP contribution is -2.39. The van der Waals surface area contributed by atoms with E-state index in [0.717, 1.165) is 0 Å². The smallest absolute Gasteiger partial charge is 0.319 e. The van der Waals surface area contributed by atoms with Gasteiger partial charge in [-0.25, -0.2) is 4.52 Å². The number of rotatable bonds is 5. The van der Waals surface area contributed by atoms with Gasteiger partial charge in [0.1, 0.15) is 10.9 Å². The first-order valence-electron chi connectivity index (χ1n) is 6.61. The van der Waals surface area contributed by atoms with Gasteiger partial charge in [0.2, 0.25) is 0 Å². The molecule has 0 bridgehead atoms. The normalized spacial score (nSPS) is 11.6. The molecule has 0 aliphatic carbocycles. The number of hydrogen-bond acceptors (Lipinski definition) is 5. The van der Waals surface area contributed by atoms with Crippen molar-refractivity contribution in [3.05, 3.63) is 35.0 Å². The Morgan fingerprint density at radius 1 is 1.33 bits per heavy atom. The summed E-state index contributed by atoms with van der Waals surface area (Å²) in [6.07, 6.45) is 4.56. The van der Waals surface area contributed by atoms with E-state index in [4.69, 9.17) is 4.74 Å². The van der Waals surface area contributed by atoms with Gasteiger partial charge in [-0.05, 0) is 26.8 Å². The van der Waals surface area contributed by atoms with E-state index in [1.807, 2.05) is 0 Å². The Labute approximate surface area is 121 Å². The number of hydrogen-bond donors (Lipinski definition) is 0. The quantitative estimate of drug-likeness (QED) is 0.597. The minimum atomic E-state index is -1.29. The van der Waals surface area contributed by atoms with Crippen LogP contribution in [0.2, 0.25) is 0 Å². The molecule has 2 aromatic rings. The van der Waals surface area contributed by atoms with Gasteiger partial charge in [0.15, 0.2) is 5.78 Å². The lowest BCUT2D eigenvalue weighted by molar-refractivity contribution is -0.158. The summed E-state index contributed by atoms with van der Waals surface area (Å²) in [5.41, 5.74) is -1.25. The molecule has 112 valence electrons. The Kier molecular flexibility index (Phi) is 3.93. The Bertz CT molecular complexity index is 742. The fourth-order valence-electron chi connectivity index (χ4n) is 1.86. The molecule has 21 heavy (non-hydrogen) atoms. The summed E-state index contributed by atoms with van der Waals surface area (Å²) in [4.78, 5) is 36.3. The Balaban J connectivity index is 2.27. The summed E-state index contributed by atoms with van der Waals surface area (Å²) in [5, 5.41) is 3.95. The minimum Gasteiger partial charge on any atom is -0.465 e. The molecule has 0 aliphatic heterocycles. The molecule has 2 rings (SSSR count). The average molecular weight is 291 g/mol. The molecule has 0 saturated heterocycles. The monoisotopic (exact) mass is 291 g/mol. The van der Waals surface area contributed by atoms with Crippen molar-refractivity contribution in [1.29, 1.82) is 0 Å². The topological polar surface area (TPSA) is 82.7 Å². The number of ether oxygens (including phenoxy) is 1. The number of nitrogens with zero attached hydrogens (tertiary/aromatic N) is 3. The van der Waals surface area contributed by atoms with Gasteiger partial charge in [-0.3, -0.25) is 14.4 Å². The van der Waals surface area contributed by atoms with Crippen molar-refractivity contribution in [2.24, 2.45) is 5.41 Å². The molecule has 2 heterocycles. The van der Waals surface area contributed by atoms with Crippen LogP contribution in [0.4, 0.5) is 0 Å². The summed E-state index contributed by atoms with van der Waals surface area (Å²) >= 11 is 0. The van der Waals surface area contributed by atoms with Crippen molar-refractivity contribution in [3.63, 3.8) is 0 Å². The fraction of sp³-hybridized carbons (Fsp3) is 0.429. The zero-order chi connectivity index (χ0) is 15.6. The summed E-state index contributed by atoms with van der Waals surface area (Å²) in [6.45, 7) is 4.69. The maximum absolute atomic E-state index is 12.3. The first-order chi connectivity index (χ1) is 9.87. The number of carbonyl (C=O) groups is 2. The fourth-order valence-corrected chi connectivity index (χ4v) is 1.86. The van der Waals surface area contributed by atoms with Crippen molar-refractivity contribution in [2.45, 2.75) is 27.3 Å². The summed E-state index contributed by atoms with van der Waals surface area (Å²) < 4.78 is 7.59. The minimum absolute atomic E-state index is 0.188. The van der Waals surface area contributed by atoms with Crippen LogP contribution < -0.4 is 5.56 Å². The van der Waals surface area contributed by atoms with Crippen LogP contribution in [0.15, 0.2) is 29.5 Å². The average Bonchev–Trinajstić information content (AvgIpc) is 2.91.